The third-order valence-electron chi connectivity index (χ3n) is 4.18. The Morgan fingerprint density at radius 3 is 3.10 bits per heavy atom. The van der Waals surface area contributed by atoms with E-state index in [-0.39, 0.29) is 0 Å². The van der Waals surface area contributed by atoms with Crippen LogP contribution in [0, 0.1) is 0 Å². The van der Waals surface area contributed by atoms with Crippen LogP contribution in [0.15, 0.2) is 30.5 Å². The Kier molecular flexibility index (Phi) is 3.45. The number of morpholine rings is 1. The molecule has 21 heavy (non-hydrogen) atoms. The van der Waals surface area contributed by atoms with Crippen LogP contribution in [0.25, 0.3) is 10.9 Å². The lowest BCUT2D eigenvalue weighted by atomic mass is 10.2. The third kappa shape index (κ3) is 2.84. The summed E-state index contributed by atoms with van der Waals surface area (Å²) in [6.45, 7) is 3.29. The van der Waals surface area contributed by atoms with E-state index in [1.165, 1.54) is 12.8 Å². The number of benzene rings is 1. The molecule has 1 saturated carbocycles. The van der Waals surface area contributed by atoms with Gasteiger partial charge in [-0.3, -0.25) is 0 Å². The summed E-state index contributed by atoms with van der Waals surface area (Å²) in [7, 11) is 0. The van der Waals surface area contributed by atoms with E-state index in [0.29, 0.717) is 12.1 Å². The maximum atomic E-state index is 5.64. The lowest BCUT2D eigenvalue weighted by molar-refractivity contribution is 0.0928. The van der Waals surface area contributed by atoms with Crippen LogP contribution in [0.1, 0.15) is 12.8 Å². The van der Waals surface area contributed by atoms with E-state index < -0.39 is 0 Å². The molecule has 0 bridgehead atoms. The SMILES string of the molecule is c1ccc2nc(N3CCOCC3CNC3CC3)ncc2c1. The van der Waals surface area contributed by atoms with Gasteiger partial charge in [0.05, 0.1) is 24.8 Å². The Hall–Kier alpha value is -1.72. The zero-order valence-electron chi connectivity index (χ0n) is 12.0. The normalized spacial score (nSPS) is 22.7. The first-order valence-electron chi connectivity index (χ1n) is 7.70. The van der Waals surface area contributed by atoms with Gasteiger partial charge in [-0.25, -0.2) is 9.97 Å². The fourth-order valence-corrected chi connectivity index (χ4v) is 2.78. The molecule has 1 aromatic carbocycles. The Balaban J connectivity index is 1.57. The smallest absolute Gasteiger partial charge is 0.226 e. The fraction of sp³-hybridized carbons (Fsp3) is 0.500. The highest BCUT2D eigenvalue weighted by Gasteiger charge is 2.28. The average molecular weight is 284 g/mol. The van der Waals surface area contributed by atoms with Crippen molar-refractivity contribution in [2.75, 3.05) is 31.2 Å². The van der Waals surface area contributed by atoms with Gasteiger partial charge in [-0.2, -0.15) is 0 Å². The first-order valence-corrected chi connectivity index (χ1v) is 7.70. The second kappa shape index (κ2) is 5.58. The molecule has 2 fully saturated rings. The predicted molar refractivity (Wildman–Crippen MR) is 82.5 cm³/mol. The van der Waals surface area contributed by atoms with Crippen molar-refractivity contribution in [2.45, 2.75) is 24.9 Å². The zero-order valence-corrected chi connectivity index (χ0v) is 12.0. The topological polar surface area (TPSA) is 50.3 Å². The van der Waals surface area contributed by atoms with Gasteiger partial charge in [0, 0.05) is 30.7 Å². The van der Waals surface area contributed by atoms with Gasteiger partial charge in [0.2, 0.25) is 5.95 Å². The van der Waals surface area contributed by atoms with Gasteiger partial charge in [-0.1, -0.05) is 18.2 Å². The number of nitrogens with one attached hydrogen (secondary N) is 1. The van der Waals surface area contributed by atoms with Gasteiger partial charge in [0.25, 0.3) is 0 Å². The van der Waals surface area contributed by atoms with Gasteiger partial charge in [-0.15, -0.1) is 0 Å². The van der Waals surface area contributed by atoms with Crippen molar-refractivity contribution in [1.82, 2.24) is 15.3 Å². The van der Waals surface area contributed by atoms with Crippen molar-refractivity contribution in [2.24, 2.45) is 0 Å². The van der Waals surface area contributed by atoms with Gasteiger partial charge in [0.15, 0.2) is 0 Å². The minimum Gasteiger partial charge on any atom is -0.377 e. The molecular formula is C16H20N4O. The highest BCUT2D eigenvalue weighted by Crippen LogP contribution is 2.21. The lowest BCUT2D eigenvalue weighted by Gasteiger charge is -2.35. The molecule has 4 rings (SSSR count). The Bertz CT molecular complexity index is 628. The van der Waals surface area contributed by atoms with Crippen molar-refractivity contribution in [3.8, 4) is 0 Å². The molecule has 2 heterocycles. The molecule has 1 saturated heterocycles. The number of hydrogen-bond donors (Lipinski definition) is 1. The van der Waals surface area contributed by atoms with Crippen molar-refractivity contribution in [1.29, 1.82) is 0 Å². The first kappa shape index (κ1) is 13.0. The monoisotopic (exact) mass is 284 g/mol. The van der Waals surface area contributed by atoms with Crippen LogP contribution in [0.2, 0.25) is 0 Å². The Morgan fingerprint density at radius 2 is 2.19 bits per heavy atom. The lowest BCUT2D eigenvalue weighted by Crippen LogP contribution is -2.51. The molecule has 0 spiro atoms. The number of hydrogen-bond acceptors (Lipinski definition) is 5. The average Bonchev–Trinajstić information content (AvgIpc) is 3.37. The van der Waals surface area contributed by atoms with Gasteiger partial charge in [0.1, 0.15) is 0 Å². The summed E-state index contributed by atoms with van der Waals surface area (Å²) in [5.41, 5.74) is 1.00. The summed E-state index contributed by atoms with van der Waals surface area (Å²) in [5.74, 6) is 0.819. The van der Waals surface area contributed by atoms with Crippen LogP contribution in [-0.4, -0.2) is 48.4 Å². The number of ether oxygens (including phenoxy) is 1. The summed E-state index contributed by atoms with van der Waals surface area (Å²) in [6, 6.07) is 9.16. The fourth-order valence-electron chi connectivity index (χ4n) is 2.78. The van der Waals surface area contributed by atoms with E-state index in [1.54, 1.807) is 0 Å². The van der Waals surface area contributed by atoms with Gasteiger partial charge in [-0.05, 0) is 18.9 Å². The third-order valence-corrected chi connectivity index (χ3v) is 4.18. The van der Waals surface area contributed by atoms with Gasteiger partial charge < -0.3 is 15.0 Å². The predicted octanol–water partition coefficient (Wildman–Crippen LogP) is 1.59. The quantitative estimate of drug-likeness (QED) is 0.924. The van der Waals surface area contributed by atoms with Crippen LogP contribution >= 0.6 is 0 Å². The van der Waals surface area contributed by atoms with E-state index in [9.17, 15) is 0 Å². The molecule has 1 aliphatic heterocycles. The second-order valence-corrected chi connectivity index (χ2v) is 5.83. The molecular weight excluding hydrogens is 264 g/mol. The molecule has 5 heteroatoms. The zero-order chi connectivity index (χ0) is 14.1. The summed E-state index contributed by atoms with van der Waals surface area (Å²) in [6.07, 6.45) is 4.53. The Labute approximate surface area is 124 Å². The van der Waals surface area contributed by atoms with Crippen LogP contribution < -0.4 is 10.2 Å². The standard InChI is InChI=1S/C16H20N4O/c1-2-4-15-12(3-1)9-18-16(19-15)20-7-8-21-11-14(20)10-17-13-5-6-13/h1-4,9,13-14,17H,5-8,10-11H2. The molecule has 1 atom stereocenters. The first-order chi connectivity index (χ1) is 10.4. The van der Waals surface area contributed by atoms with E-state index in [0.717, 1.165) is 43.2 Å². The van der Waals surface area contributed by atoms with E-state index in [2.05, 4.69) is 15.2 Å². The summed E-state index contributed by atoms with van der Waals surface area (Å²) in [5, 5.41) is 4.67. The Morgan fingerprint density at radius 1 is 1.29 bits per heavy atom. The van der Waals surface area contributed by atoms with E-state index in [4.69, 9.17) is 9.72 Å². The molecule has 2 aromatic rings. The molecule has 110 valence electrons. The van der Waals surface area contributed by atoms with Crippen LogP contribution in [0.4, 0.5) is 5.95 Å². The molecule has 2 aliphatic rings. The van der Waals surface area contributed by atoms with Crippen LogP contribution in [0.3, 0.4) is 0 Å². The number of rotatable bonds is 4. The van der Waals surface area contributed by atoms with Crippen molar-refractivity contribution in [3.63, 3.8) is 0 Å². The van der Waals surface area contributed by atoms with E-state index in [1.807, 2.05) is 30.5 Å². The molecule has 1 N–H and O–H groups in total. The molecule has 1 unspecified atom stereocenters. The molecule has 0 amide bonds. The minimum atomic E-state index is 0.320. The number of para-hydroxylation sites is 1. The van der Waals surface area contributed by atoms with Gasteiger partial charge >= 0.3 is 0 Å². The van der Waals surface area contributed by atoms with Crippen LogP contribution in [0.5, 0.6) is 0 Å². The highest BCUT2D eigenvalue weighted by atomic mass is 16.5. The summed E-state index contributed by atoms with van der Waals surface area (Å²) < 4.78 is 5.64. The number of aromatic nitrogens is 2. The second-order valence-electron chi connectivity index (χ2n) is 5.83. The number of anilines is 1. The molecule has 1 aliphatic carbocycles. The van der Waals surface area contributed by atoms with Crippen molar-refractivity contribution < 1.29 is 4.74 Å². The molecule has 0 radical (unpaired) electrons. The van der Waals surface area contributed by atoms with Crippen molar-refractivity contribution in [3.05, 3.63) is 30.5 Å². The number of nitrogens with zero attached hydrogens (tertiary/aromatic N) is 3. The highest BCUT2D eigenvalue weighted by molar-refractivity contribution is 5.78. The maximum absolute atomic E-state index is 5.64. The van der Waals surface area contributed by atoms with E-state index >= 15 is 0 Å². The molecule has 5 nitrogen and oxygen atoms in total. The summed E-state index contributed by atoms with van der Waals surface area (Å²) in [4.78, 5) is 11.6. The maximum Gasteiger partial charge on any atom is 0.226 e. The molecule has 1 aromatic heterocycles. The number of fused-ring (bicyclic) bond motifs is 1. The summed E-state index contributed by atoms with van der Waals surface area (Å²) >= 11 is 0. The largest absolute Gasteiger partial charge is 0.377 e. The van der Waals surface area contributed by atoms with Crippen molar-refractivity contribution >= 4 is 16.9 Å². The van der Waals surface area contributed by atoms with Crippen LogP contribution in [-0.2, 0) is 4.74 Å². The minimum absolute atomic E-state index is 0.320.